The third-order valence-corrected chi connectivity index (χ3v) is 7.07. The van der Waals surface area contributed by atoms with E-state index in [9.17, 15) is 14.4 Å². The molecule has 0 saturated carbocycles. The van der Waals surface area contributed by atoms with Gasteiger partial charge >= 0.3 is 12.1 Å². The summed E-state index contributed by atoms with van der Waals surface area (Å²) in [5.41, 5.74) is 3.35. The topological polar surface area (TPSA) is 87.1 Å². The Balaban J connectivity index is 1.54. The number of methoxy groups -OCH3 is 2. The van der Waals surface area contributed by atoms with Gasteiger partial charge < -0.3 is 19.1 Å². The number of fused-ring (bicyclic) bond motifs is 1. The monoisotopic (exact) mass is 520 g/mol. The molecule has 1 aromatic heterocycles. The number of hydrogen-bond acceptors (Lipinski definition) is 6. The van der Waals surface area contributed by atoms with E-state index in [4.69, 9.17) is 14.2 Å². The molecule has 0 bridgehead atoms. The fourth-order valence-electron chi connectivity index (χ4n) is 5.04. The van der Waals surface area contributed by atoms with Gasteiger partial charge in [0, 0.05) is 29.7 Å². The molecule has 1 aliphatic heterocycles. The molecule has 38 heavy (non-hydrogen) atoms. The number of nitrogens with zero attached hydrogens (tertiary/aromatic N) is 2. The first-order valence-corrected chi connectivity index (χ1v) is 12.9. The standard InChI is InChI=1S/C30H36N2O6/c1-19-24(18-27(33)37-6)25-17-23(36-5)11-12-26(25)32(19)28(34)22-9-7-20(8-10-22)21-13-15-31(16-14-21)29(35)38-30(2,3)4/h7-12,17,21H,13-16,18H2,1-6H3. The number of carbonyl (C=O) groups excluding carboxylic acids is 3. The predicted octanol–water partition coefficient (Wildman–Crippen LogP) is 5.48. The highest BCUT2D eigenvalue weighted by atomic mass is 16.6. The molecule has 0 radical (unpaired) electrons. The first-order valence-electron chi connectivity index (χ1n) is 12.9. The van der Waals surface area contributed by atoms with Gasteiger partial charge in [0.05, 0.1) is 26.2 Å². The van der Waals surface area contributed by atoms with Gasteiger partial charge in [0.1, 0.15) is 11.4 Å². The summed E-state index contributed by atoms with van der Waals surface area (Å²) in [6.45, 7) is 8.73. The van der Waals surface area contributed by atoms with Crippen LogP contribution >= 0.6 is 0 Å². The van der Waals surface area contributed by atoms with E-state index in [1.54, 1.807) is 22.6 Å². The zero-order valence-corrected chi connectivity index (χ0v) is 23.0. The molecule has 0 atom stereocenters. The second-order valence-electron chi connectivity index (χ2n) is 10.7. The van der Waals surface area contributed by atoms with Crippen molar-refractivity contribution >= 4 is 28.9 Å². The van der Waals surface area contributed by atoms with Crippen molar-refractivity contribution in [3.63, 3.8) is 0 Å². The van der Waals surface area contributed by atoms with Crippen LogP contribution in [-0.4, -0.2) is 60.3 Å². The smallest absolute Gasteiger partial charge is 0.410 e. The number of aromatic nitrogens is 1. The average Bonchev–Trinajstić information content (AvgIpc) is 3.17. The van der Waals surface area contributed by atoms with Crippen LogP contribution in [0.3, 0.4) is 0 Å². The van der Waals surface area contributed by atoms with E-state index in [1.807, 2.05) is 64.1 Å². The van der Waals surface area contributed by atoms with Crippen molar-refractivity contribution in [3.05, 3.63) is 64.8 Å². The second-order valence-corrected chi connectivity index (χ2v) is 10.7. The maximum Gasteiger partial charge on any atom is 0.410 e. The lowest BCUT2D eigenvalue weighted by Gasteiger charge is -2.33. The molecule has 1 saturated heterocycles. The summed E-state index contributed by atoms with van der Waals surface area (Å²) in [6.07, 6.45) is 1.47. The molecule has 4 rings (SSSR count). The van der Waals surface area contributed by atoms with Crippen molar-refractivity contribution in [3.8, 4) is 5.75 Å². The van der Waals surface area contributed by atoms with Crippen LogP contribution in [0, 0.1) is 6.92 Å². The fraction of sp³-hybridized carbons (Fsp3) is 0.433. The Kier molecular flexibility index (Phi) is 7.81. The Hall–Kier alpha value is -3.81. The van der Waals surface area contributed by atoms with E-state index >= 15 is 0 Å². The van der Waals surface area contributed by atoms with Crippen molar-refractivity contribution in [1.29, 1.82) is 0 Å². The molecule has 1 amide bonds. The van der Waals surface area contributed by atoms with Gasteiger partial charge in [-0.05, 0) is 87.9 Å². The van der Waals surface area contributed by atoms with E-state index in [0.717, 1.165) is 29.4 Å². The maximum absolute atomic E-state index is 13.7. The number of likely N-dealkylation sites (tertiary alicyclic amines) is 1. The molecule has 0 N–H and O–H groups in total. The summed E-state index contributed by atoms with van der Waals surface area (Å²) in [7, 11) is 2.94. The molecule has 8 nitrogen and oxygen atoms in total. The maximum atomic E-state index is 13.7. The molecular formula is C30H36N2O6. The molecule has 0 spiro atoms. The zero-order valence-electron chi connectivity index (χ0n) is 23.0. The van der Waals surface area contributed by atoms with Crippen molar-refractivity contribution in [2.45, 2.75) is 58.5 Å². The summed E-state index contributed by atoms with van der Waals surface area (Å²) in [5, 5.41) is 0.786. The van der Waals surface area contributed by atoms with Gasteiger partial charge in [0.2, 0.25) is 0 Å². The van der Waals surface area contributed by atoms with Crippen molar-refractivity contribution in [2.24, 2.45) is 0 Å². The lowest BCUT2D eigenvalue weighted by Crippen LogP contribution is -2.41. The third-order valence-electron chi connectivity index (χ3n) is 7.07. The van der Waals surface area contributed by atoms with E-state index in [2.05, 4.69) is 0 Å². The van der Waals surface area contributed by atoms with E-state index in [1.165, 1.54) is 7.11 Å². The summed E-state index contributed by atoms with van der Waals surface area (Å²) in [5.74, 6) is 0.422. The number of esters is 1. The number of ether oxygens (including phenoxy) is 3. The Labute approximate surface area is 223 Å². The fourth-order valence-corrected chi connectivity index (χ4v) is 5.04. The molecule has 1 fully saturated rings. The normalized spacial score (nSPS) is 14.4. The minimum atomic E-state index is -0.508. The van der Waals surface area contributed by atoms with E-state index in [0.29, 0.717) is 41.5 Å². The highest BCUT2D eigenvalue weighted by Gasteiger charge is 2.28. The summed E-state index contributed by atoms with van der Waals surface area (Å²) in [4.78, 5) is 39.9. The highest BCUT2D eigenvalue weighted by Crippen LogP contribution is 2.32. The van der Waals surface area contributed by atoms with Crippen LogP contribution < -0.4 is 4.74 Å². The number of amides is 1. The lowest BCUT2D eigenvalue weighted by atomic mass is 9.89. The molecule has 202 valence electrons. The minimum Gasteiger partial charge on any atom is -0.497 e. The van der Waals surface area contributed by atoms with E-state index < -0.39 is 5.60 Å². The summed E-state index contributed by atoms with van der Waals surface area (Å²) in [6, 6.07) is 13.2. The molecule has 2 heterocycles. The Morgan fingerprint density at radius 3 is 2.21 bits per heavy atom. The number of carbonyl (C=O) groups is 3. The number of benzene rings is 2. The van der Waals surface area contributed by atoms with Crippen LogP contribution in [0.25, 0.3) is 10.9 Å². The quantitative estimate of drug-likeness (QED) is 0.414. The Morgan fingerprint density at radius 1 is 0.974 bits per heavy atom. The third kappa shape index (κ3) is 5.69. The summed E-state index contributed by atoms with van der Waals surface area (Å²) >= 11 is 0. The van der Waals surface area contributed by atoms with Gasteiger partial charge in [-0.3, -0.25) is 14.2 Å². The van der Waals surface area contributed by atoms with Crippen LogP contribution in [0.2, 0.25) is 0 Å². The first-order chi connectivity index (χ1) is 18.0. The highest BCUT2D eigenvalue weighted by molar-refractivity contribution is 6.05. The lowest BCUT2D eigenvalue weighted by molar-refractivity contribution is -0.139. The molecule has 3 aromatic rings. The van der Waals surface area contributed by atoms with Crippen LogP contribution in [-0.2, 0) is 20.7 Å². The first kappa shape index (κ1) is 27.2. The Morgan fingerprint density at radius 2 is 1.63 bits per heavy atom. The SMILES string of the molecule is COC(=O)Cc1c(C)n(C(=O)c2ccc(C3CCN(C(=O)OC(C)(C)C)CC3)cc2)c2ccc(OC)cc12. The number of rotatable bonds is 5. The zero-order chi connectivity index (χ0) is 27.6. The van der Waals surface area contributed by atoms with Gasteiger partial charge in [0.25, 0.3) is 5.91 Å². The van der Waals surface area contributed by atoms with Crippen molar-refractivity contribution in [2.75, 3.05) is 27.3 Å². The largest absolute Gasteiger partial charge is 0.497 e. The molecular weight excluding hydrogens is 484 g/mol. The molecule has 0 aliphatic carbocycles. The van der Waals surface area contributed by atoms with Crippen LogP contribution in [0.5, 0.6) is 5.75 Å². The molecule has 2 aromatic carbocycles. The van der Waals surface area contributed by atoms with Crippen LogP contribution in [0.4, 0.5) is 4.79 Å². The van der Waals surface area contributed by atoms with Gasteiger partial charge in [0.15, 0.2) is 0 Å². The molecule has 8 heteroatoms. The second kappa shape index (κ2) is 10.9. The van der Waals surface area contributed by atoms with Crippen LogP contribution in [0.1, 0.15) is 66.7 Å². The number of hydrogen-bond donors (Lipinski definition) is 0. The van der Waals surface area contributed by atoms with E-state index in [-0.39, 0.29) is 24.4 Å². The minimum absolute atomic E-state index is 0.0627. The van der Waals surface area contributed by atoms with Crippen LogP contribution in [0.15, 0.2) is 42.5 Å². The molecule has 1 aliphatic rings. The van der Waals surface area contributed by atoms with Gasteiger partial charge in [-0.2, -0.15) is 0 Å². The van der Waals surface area contributed by atoms with Crippen molar-refractivity contribution < 1.29 is 28.6 Å². The van der Waals surface area contributed by atoms with Crippen molar-refractivity contribution in [1.82, 2.24) is 9.47 Å². The Bertz CT molecular complexity index is 1340. The van der Waals surface area contributed by atoms with Gasteiger partial charge in [-0.25, -0.2) is 4.79 Å². The van der Waals surface area contributed by atoms with Gasteiger partial charge in [-0.1, -0.05) is 12.1 Å². The van der Waals surface area contributed by atoms with Gasteiger partial charge in [-0.15, -0.1) is 0 Å². The number of piperidine rings is 1. The summed E-state index contributed by atoms with van der Waals surface area (Å²) < 4.78 is 17.4. The molecule has 0 unspecified atom stereocenters. The predicted molar refractivity (Wildman–Crippen MR) is 145 cm³/mol. The average molecular weight is 521 g/mol.